The molecule has 4 nitrogen and oxygen atoms in total. The van der Waals surface area contributed by atoms with Crippen molar-refractivity contribution in [2.45, 2.75) is 31.7 Å². The number of halogens is 1. The van der Waals surface area contributed by atoms with E-state index in [-0.39, 0.29) is 5.82 Å². The number of carbonyl (C=O) groups is 1. The van der Waals surface area contributed by atoms with Crippen LogP contribution in [0.2, 0.25) is 0 Å². The van der Waals surface area contributed by atoms with E-state index in [1.54, 1.807) is 13.1 Å². The Kier molecular flexibility index (Phi) is 5.33. The Balaban J connectivity index is 2.47. The first-order valence-electron chi connectivity index (χ1n) is 7.45. The number of hydrogen-bond donors (Lipinski definition) is 3. The van der Waals surface area contributed by atoms with E-state index in [1.807, 2.05) is 12.1 Å². The average molecular weight is 303 g/mol. The van der Waals surface area contributed by atoms with E-state index >= 15 is 0 Å². The molecule has 1 aliphatic rings. The summed E-state index contributed by atoms with van der Waals surface area (Å²) in [6.07, 6.45) is 5.46. The van der Waals surface area contributed by atoms with Crippen LogP contribution in [-0.4, -0.2) is 19.0 Å². The van der Waals surface area contributed by atoms with Crippen LogP contribution in [0.3, 0.4) is 0 Å². The van der Waals surface area contributed by atoms with Gasteiger partial charge >= 0.3 is 0 Å². The quantitative estimate of drug-likeness (QED) is 0.796. The van der Waals surface area contributed by atoms with Crippen molar-refractivity contribution in [3.8, 4) is 0 Å². The van der Waals surface area contributed by atoms with E-state index in [1.165, 1.54) is 12.1 Å². The summed E-state index contributed by atoms with van der Waals surface area (Å²) in [5.74, 6) is -0.804. The molecule has 0 radical (unpaired) electrons. The van der Waals surface area contributed by atoms with Crippen LogP contribution >= 0.6 is 0 Å². The molecule has 0 bridgehead atoms. The molecule has 0 aliphatic heterocycles. The van der Waals surface area contributed by atoms with E-state index in [2.05, 4.69) is 5.32 Å². The third kappa shape index (κ3) is 3.74. The maximum Gasteiger partial charge on any atom is 0.238 e. The largest absolute Gasteiger partial charge is 0.388 e. The molecule has 1 unspecified atom stereocenters. The third-order valence-corrected chi connectivity index (χ3v) is 3.91. The van der Waals surface area contributed by atoms with Crippen molar-refractivity contribution < 1.29 is 9.18 Å². The summed E-state index contributed by atoms with van der Waals surface area (Å²) in [6, 6.07) is 5.63. The van der Waals surface area contributed by atoms with Crippen molar-refractivity contribution in [1.82, 2.24) is 5.32 Å². The number of amides is 1. The molecule has 1 aliphatic carbocycles. The van der Waals surface area contributed by atoms with Crippen LogP contribution in [0.15, 0.2) is 41.1 Å². The summed E-state index contributed by atoms with van der Waals surface area (Å²) in [5, 5.41) is 3.14. The van der Waals surface area contributed by atoms with Crippen molar-refractivity contribution >= 4 is 12.0 Å². The second-order valence-electron chi connectivity index (χ2n) is 5.46. The smallest absolute Gasteiger partial charge is 0.238 e. The van der Waals surface area contributed by atoms with Crippen molar-refractivity contribution in [2.24, 2.45) is 11.5 Å². The predicted octanol–water partition coefficient (Wildman–Crippen LogP) is 2.07. The fourth-order valence-corrected chi connectivity index (χ4v) is 2.83. The average Bonchev–Trinajstić information content (AvgIpc) is 2.68. The topological polar surface area (TPSA) is 81.1 Å². The van der Waals surface area contributed by atoms with Gasteiger partial charge in [-0.15, -0.1) is 0 Å². The molecule has 1 atom stereocenters. The molecule has 118 valence electrons. The van der Waals surface area contributed by atoms with Gasteiger partial charge in [0.2, 0.25) is 5.91 Å². The van der Waals surface area contributed by atoms with Crippen LogP contribution in [0, 0.1) is 5.82 Å². The van der Waals surface area contributed by atoms with E-state index in [0.29, 0.717) is 0 Å². The SMILES string of the molecule is CNC1=C(C(N)C(N)=O)CCCC/C1=C\c1cccc(F)c1. The molecule has 0 fully saturated rings. The summed E-state index contributed by atoms with van der Waals surface area (Å²) >= 11 is 0. The minimum Gasteiger partial charge on any atom is -0.388 e. The van der Waals surface area contributed by atoms with Crippen LogP contribution in [0.5, 0.6) is 0 Å². The standard InChI is InChI=1S/C17H22FN3O/c1-21-16-12(9-11-5-4-7-13(18)10-11)6-2-3-8-14(16)15(19)17(20)22/h4-5,7,9-10,15,21H,2-3,6,8,19H2,1H3,(H2,20,22)/b12-9+. The molecule has 1 aromatic carbocycles. The number of likely N-dealkylation sites (N-methyl/N-ethyl adjacent to an activating group) is 1. The molecule has 2 rings (SSSR count). The first kappa shape index (κ1) is 16.2. The van der Waals surface area contributed by atoms with Gasteiger partial charge in [-0.25, -0.2) is 4.39 Å². The van der Waals surface area contributed by atoms with Crippen LogP contribution in [0.25, 0.3) is 6.08 Å². The Labute approximate surface area is 130 Å². The number of primary amides is 1. The Bertz CT molecular complexity index is 622. The highest BCUT2D eigenvalue weighted by Crippen LogP contribution is 2.29. The zero-order valence-corrected chi connectivity index (χ0v) is 12.7. The molecular weight excluding hydrogens is 281 g/mol. The maximum absolute atomic E-state index is 13.4. The fourth-order valence-electron chi connectivity index (χ4n) is 2.83. The van der Waals surface area contributed by atoms with Gasteiger partial charge < -0.3 is 16.8 Å². The van der Waals surface area contributed by atoms with Crippen LogP contribution in [-0.2, 0) is 4.79 Å². The highest BCUT2D eigenvalue weighted by Gasteiger charge is 2.23. The normalized spacial score (nSPS) is 19.0. The number of nitrogens with one attached hydrogen (secondary N) is 1. The van der Waals surface area contributed by atoms with Crippen LogP contribution in [0.1, 0.15) is 31.2 Å². The van der Waals surface area contributed by atoms with Crippen molar-refractivity contribution in [3.05, 3.63) is 52.5 Å². The van der Waals surface area contributed by atoms with Gasteiger partial charge in [-0.05, 0) is 60.6 Å². The number of allylic oxidation sites excluding steroid dienone is 1. The Morgan fingerprint density at radius 2 is 2.09 bits per heavy atom. The predicted molar refractivity (Wildman–Crippen MR) is 86.1 cm³/mol. The van der Waals surface area contributed by atoms with E-state index < -0.39 is 11.9 Å². The van der Waals surface area contributed by atoms with Crippen molar-refractivity contribution in [3.63, 3.8) is 0 Å². The molecule has 1 aromatic rings. The number of benzene rings is 1. The van der Waals surface area contributed by atoms with Crippen molar-refractivity contribution in [2.75, 3.05) is 7.05 Å². The lowest BCUT2D eigenvalue weighted by molar-refractivity contribution is -0.118. The van der Waals surface area contributed by atoms with Gasteiger partial charge in [-0.2, -0.15) is 0 Å². The van der Waals surface area contributed by atoms with Crippen molar-refractivity contribution in [1.29, 1.82) is 0 Å². The van der Waals surface area contributed by atoms with Crippen LogP contribution < -0.4 is 16.8 Å². The Morgan fingerprint density at radius 1 is 1.36 bits per heavy atom. The molecular formula is C17H22FN3O. The monoisotopic (exact) mass is 303 g/mol. The molecule has 0 saturated heterocycles. The molecule has 0 spiro atoms. The van der Waals surface area contributed by atoms with Gasteiger partial charge in [0.25, 0.3) is 0 Å². The molecule has 0 saturated carbocycles. The lowest BCUT2D eigenvalue weighted by Gasteiger charge is -2.18. The molecule has 0 aromatic heterocycles. The molecule has 22 heavy (non-hydrogen) atoms. The number of rotatable bonds is 4. The van der Waals surface area contributed by atoms with Crippen LogP contribution in [0.4, 0.5) is 4.39 Å². The molecule has 1 amide bonds. The second-order valence-corrected chi connectivity index (χ2v) is 5.46. The Morgan fingerprint density at radius 3 is 2.73 bits per heavy atom. The fraction of sp³-hybridized carbons (Fsp3) is 0.353. The summed E-state index contributed by atoms with van der Waals surface area (Å²) in [7, 11) is 1.80. The van der Waals surface area contributed by atoms with Gasteiger partial charge in [-0.1, -0.05) is 12.1 Å². The van der Waals surface area contributed by atoms with E-state index in [0.717, 1.165) is 48.1 Å². The number of nitrogens with two attached hydrogens (primary N) is 2. The molecule has 0 heterocycles. The lowest BCUT2D eigenvalue weighted by Crippen LogP contribution is -2.39. The summed E-state index contributed by atoms with van der Waals surface area (Å²) in [5.41, 5.74) is 14.8. The number of hydrogen-bond acceptors (Lipinski definition) is 3. The second kappa shape index (κ2) is 7.22. The third-order valence-electron chi connectivity index (χ3n) is 3.91. The lowest BCUT2D eigenvalue weighted by atomic mass is 9.97. The molecule has 5 N–H and O–H groups in total. The first-order valence-corrected chi connectivity index (χ1v) is 7.45. The minimum absolute atomic E-state index is 0.271. The highest BCUT2D eigenvalue weighted by molar-refractivity contribution is 5.83. The molecule has 5 heteroatoms. The maximum atomic E-state index is 13.4. The van der Waals surface area contributed by atoms with Gasteiger partial charge in [0.1, 0.15) is 11.9 Å². The van der Waals surface area contributed by atoms with Gasteiger partial charge in [-0.3, -0.25) is 4.79 Å². The minimum atomic E-state index is -0.795. The summed E-state index contributed by atoms with van der Waals surface area (Å²) < 4.78 is 13.4. The number of carbonyl (C=O) groups excluding carboxylic acids is 1. The zero-order valence-electron chi connectivity index (χ0n) is 12.7. The van der Waals surface area contributed by atoms with E-state index in [9.17, 15) is 9.18 Å². The Hall–Kier alpha value is -2.14. The highest BCUT2D eigenvalue weighted by atomic mass is 19.1. The zero-order chi connectivity index (χ0) is 16.1. The van der Waals surface area contributed by atoms with Gasteiger partial charge in [0.05, 0.1) is 0 Å². The summed E-state index contributed by atoms with van der Waals surface area (Å²) in [6.45, 7) is 0. The first-order chi connectivity index (χ1) is 10.5. The summed E-state index contributed by atoms with van der Waals surface area (Å²) in [4.78, 5) is 11.4. The van der Waals surface area contributed by atoms with Gasteiger partial charge in [0, 0.05) is 12.7 Å². The van der Waals surface area contributed by atoms with E-state index in [4.69, 9.17) is 11.5 Å². The van der Waals surface area contributed by atoms with Gasteiger partial charge in [0.15, 0.2) is 0 Å².